The number of methoxy groups -OCH3 is 1. The van der Waals surface area contributed by atoms with Crippen molar-refractivity contribution in [3.05, 3.63) is 48.0 Å². The Morgan fingerprint density at radius 1 is 1.13 bits per heavy atom. The Morgan fingerprint density at radius 2 is 1.87 bits per heavy atom. The van der Waals surface area contributed by atoms with Crippen molar-refractivity contribution in [3.63, 3.8) is 0 Å². The second-order valence-electron chi connectivity index (χ2n) is 7.47. The van der Waals surface area contributed by atoms with Crippen LogP contribution in [0.2, 0.25) is 0 Å². The molecule has 2 heterocycles. The Hall–Kier alpha value is -2.78. The highest BCUT2D eigenvalue weighted by Gasteiger charge is 2.39. The van der Waals surface area contributed by atoms with E-state index in [9.17, 15) is 13.2 Å². The molecule has 0 radical (unpaired) electrons. The molecular weight excluding hydrogens is 420 g/mol. The van der Waals surface area contributed by atoms with E-state index < -0.39 is 16.1 Å². The van der Waals surface area contributed by atoms with Crippen molar-refractivity contribution in [1.29, 1.82) is 0 Å². The molecule has 8 nitrogen and oxygen atoms in total. The Balaban J connectivity index is 1.41. The molecule has 0 saturated carbocycles. The molecule has 1 atom stereocenters. The molecule has 2 aromatic carbocycles. The third kappa shape index (κ3) is 4.62. The van der Waals surface area contributed by atoms with E-state index in [1.807, 2.05) is 24.3 Å². The number of fused-ring (bicyclic) bond motifs is 1. The lowest BCUT2D eigenvalue weighted by molar-refractivity contribution is -0.124. The van der Waals surface area contributed by atoms with E-state index in [4.69, 9.17) is 14.2 Å². The summed E-state index contributed by atoms with van der Waals surface area (Å²) >= 11 is 0. The number of carbonyl (C=O) groups excluding carboxylic acids is 1. The van der Waals surface area contributed by atoms with Crippen LogP contribution < -0.4 is 19.5 Å². The summed E-state index contributed by atoms with van der Waals surface area (Å²) < 4.78 is 43.9. The number of benzene rings is 2. The van der Waals surface area contributed by atoms with Crippen molar-refractivity contribution < 1.29 is 27.4 Å². The molecular formula is C22H26N2O6S. The van der Waals surface area contributed by atoms with Crippen molar-refractivity contribution in [1.82, 2.24) is 9.62 Å². The number of hydrogen-bond donors (Lipinski definition) is 1. The topological polar surface area (TPSA) is 94.2 Å². The van der Waals surface area contributed by atoms with Crippen molar-refractivity contribution in [2.24, 2.45) is 0 Å². The first kappa shape index (κ1) is 21.5. The summed E-state index contributed by atoms with van der Waals surface area (Å²) in [4.78, 5) is 12.9. The standard InChI is InChI=1S/C22H26N2O6S/c1-28-17-6-4-16(5-7-17)10-11-23-22(25)19-3-2-12-24(19)31(26,27)18-8-9-20-21(15-18)30-14-13-29-20/h4-9,15,19H,2-3,10-14H2,1H3,(H,23,25)/t19-/m0/s1. The molecule has 0 bridgehead atoms. The minimum Gasteiger partial charge on any atom is -0.497 e. The van der Waals surface area contributed by atoms with Crippen molar-refractivity contribution in [2.75, 3.05) is 33.4 Å². The second-order valence-corrected chi connectivity index (χ2v) is 9.36. The lowest BCUT2D eigenvalue weighted by atomic mass is 10.1. The third-order valence-electron chi connectivity index (χ3n) is 5.50. The van der Waals surface area contributed by atoms with E-state index in [1.54, 1.807) is 13.2 Å². The monoisotopic (exact) mass is 446 g/mol. The molecule has 0 aromatic heterocycles. The largest absolute Gasteiger partial charge is 0.497 e. The van der Waals surface area contributed by atoms with Gasteiger partial charge in [0, 0.05) is 19.2 Å². The first-order chi connectivity index (χ1) is 15.0. The summed E-state index contributed by atoms with van der Waals surface area (Å²) in [5.41, 5.74) is 1.06. The lowest BCUT2D eigenvalue weighted by Gasteiger charge is -2.24. The zero-order valence-corrected chi connectivity index (χ0v) is 18.2. The van der Waals surface area contributed by atoms with Crippen LogP contribution in [-0.4, -0.2) is 58.1 Å². The first-order valence-corrected chi connectivity index (χ1v) is 11.8. The van der Waals surface area contributed by atoms with Crippen molar-refractivity contribution in [2.45, 2.75) is 30.2 Å². The SMILES string of the molecule is COc1ccc(CCNC(=O)[C@@H]2CCCN2S(=O)(=O)c2ccc3c(c2)OCCO3)cc1. The molecule has 9 heteroatoms. The average Bonchev–Trinajstić information content (AvgIpc) is 3.30. The van der Waals surface area contributed by atoms with Gasteiger partial charge < -0.3 is 19.5 Å². The maximum atomic E-state index is 13.2. The summed E-state index contributed by atoms with van der Waals surface area (Å²) in [6.45, 7) is 1.55. The van der Waals surface area contributed by atoms with Gasteiger partial charge in [-0.3, -0.25) is 4.79 Å². The number of carbonyl (C=O) groups is 1. The maximum absolute atomic E-state index is 13.2. The number of nitrogens with zero attached hydrogens (tertiary/aromatic N) is 1. The molecule has 4 rings (SSSR count). The number of sulfonamides is 1. The van der Waals surface area contributed by atoms with E-state index in [0.717, 1.165) is 11.3 Å². The predicted molar refractivity (Wildman–Crippen MR) is 114 cm³/mol. The Morgan fingerprint density at radius 3 is 2.61 bits per heavy atom. The lowest BCUT2D eigenvalue weighted by Crippen LogP contribution is -2.46. The summed E-state index contributed by atoms with van der Waals surface area (Å²) in [7, 11) is -2.22. The Kier molecular flexibility index (Phi) is 6.33. The van der Waals surface area contributed by atoms with Crippen LogP contribution in [0.25, 0.3) is 0 Å². The predicted octanol–water partition coefficient (Wildman–Crippen LogP) is 1.98. The van der Waals surface area contributed by atoms with Gasteiger partial charge in [0.2, 0.25) is 15.9 Å². The summed E-state index contributed by atoms with van der Waals surface area (Å²) in [6.07, 6.45) is 1.79. The molecule has 2 aliphatic rings. The third-order valence-corrected chi connectivity index (χ3v) is 7.40. The van der Waals surface area contributed by atoms with Gasteiger partial charge in [-0.15, -0.1) is 0 Å². The summed E-state index contributed by atoms with van der Waals surface area (Å²) in [5, 5.41) is 2.88. The molecule has 0 spiro atoms. The molecule has 0 aliphatic carbocycles. The fourth-order valence-electron chi connectivity index (χ4n) is 3.85. The van der Waals surface area contributed by atoms with Gasteiger partial charge in [-0.25, -0.2) is 8.42 Å². The van der Waals surface area contributed by atoms with Crippen LogP contribution in [0.5, 0.6) is 17.2 Å². The minimum absolute atomic E-state index is 0.106. The van der Waals surface area contributed by atoms with Gasteiger partial charge in [-0.2, -0.15) is 4.31 Å². The number of amides is 1. The molecule has 1 N–H and O–H groups in total. The molecule has 2 aromatic rings. The molecule has 166 valence electrons. The van der Waals surface area contributed by atoms with E-state index in [-0.39, 0.29) is 10.8 Å². The van der Waals surface area contributed by atoms with Gasteiger partial charge in [0.25, 0.3) is 0 Å². The summed E-state index contributed by atoms with van der Waals surface area (Å²) in [5.74, 6) is 1.44. The average molecular weight is 447 g/mol. The van der Waals surface area contributed by atoms with Crippen molar-refractivity contribution in [3.8, 4) is 17.2 Å². The van der Waals surface area contributed by atoms with Gasteiger partial charge in [0.05, 0.1) is 12.0 Å². The fourth-order valence-corrected chi connectivity index (χ4v) is 5.52. The van der Waals surface area contributed by atoms with E-state index in [1.165, 1.54) is 16.4 Å². The van der Waals surface area contributed by atoms with Crippen LogP contribution in [0.1, 0.15) is 18.4 Å². The van der Waals surface area contributed by atoms with Gasteiger partial charge in [0.1, 0.15) is 25.0 Å². The quantitative estimate of drug-likeness (QED) is 0.699. The Labute approximate surface area is 182 Å². The van der Waals surface area contributed by atoms with Crippen LogP contribution in [0, 0.1) is 0 Å². The molecule has 31 heavy (non-hydrogen) atoms. The minimum atomic E-state index is -3.83. The Bertz CT molecular complexity index is 1040. The normalized spacial score (nSPS) is 18.5. The van der Waals surface area contributed by atoms with E-state index in [2.05, 4.69) is 5.32 Å². The highest BCUT2D eigenvalue weighted by atomic mass is 32.2. The van der Waals surface area contributed by atoms with Gasteiger partial charge >= 0.3 is 0 Å². The van der Waals surface area contributed by atoms with Gasteiger partial charge in [-0.05, 0) is 49.1 Å². The molecule has 1 saturated heterocycles. The second kappa shape index (κ2) is 9.15. The highest BCUT2D eigenvalue weighted by molar-refractivity contribution is 7.89. The van der Waals surface area contributed by atoms with Crippen LogP contribution in [0.15, 0.2) is 47.4 Å². The van der Waals surface area contributed by atoms with Crippen LogP contribution >= 0.6 is 0 Å². The number of nitrogens with one attached hydrogen (secondary N) is 1. The fraction of sp³-hybridized carbons (Fsp3) is 0.409. The van der Waals surface area contributed by atoms with Crippen molar-refractivity contribution >= 4 is 15.9 Å². The summed E-state index contributed by atoms with van der Waals surface area (Å²) in [6, 6.07) is 11.5. The number of hydrogen-bond acceptors (Lipinski definition) is 6. The number of ether oxygens (including phenoxy) is 3. The zero-order valence-electron chi connectivity index (χ0n) is 17.4. The smallest absolute Gasteiger partial charge is 0.243 e. The van der Waals surface area contributed by atoms with Gasteiger partial charge in [0.15, 0.2) is 11.5 Å². The van der Waals surface area contributed by atoms with E-state index in [0.29, 0.717) is 57.1 Å². The van der Waals surface area contributed by atoms with Crippen LogP contribution in [0.3, 0.4) is 0 Å². The molecule has 1 fully saturated rings. The first-order valence-electron chi connectivity index (χ1n) is 10.3. The highest BCUT2D eigenvalue weighted by Crippen LogP contribution is 2.34. The molecule has 2 aliphatic heterocycles. The molecule has 1 amide bonds. The zero-order chi connectivity index (χ0) is 21.8. The van der Waals surface area contributed by atoms with Crippen LogP contribution in [0.4, 0.5) is 0 Å². The van der Waals surface area contributed by atoms with Gasteiger partial charge in [-0.1, -0.05) is 12.1 Å². The van der Waals surface area contributed by atoms with Crippen LogP contribution in [-0.2, 0) is 21.2 Å². The molecule has 0 unspecified atom stereocenters. The van der Waals surface area contributed by atoms with E-state index >= 15 is 0 Å². The number of rotatable bonds is 7. The maximum Gasteiger partial charge on any atom is 0.243 e.